The van der Waals surface area contributed by atoms with Gasteiger partial charge in [0.15, 0.2) is 5.41 Å². The van der Waals surface area contributed by atoms with Gasteiger partial charge in [-0.1, -0.05) is 24.3 Å². The van der Waals surface area contributed by atoms with Crippen LogP contribution in [0.1, 0.15) is 25.3 Å². The normalized spacial score (nSPS) is 50.5. The number of carbonyl (C=O) groups excluding carboxylic acids is 1. The lowest BCUT2D eigenvalue weighted by atomic mass is 9.58. The van der Waals surface area contributed by atoms with Gasteiger partial charge in [-0.15, -0.1) is 0 Å². The number of piperidine rings is 4. The molecule has 3 N–H and O–H groups in total. The van der Waals surface area contributed by atoms with Gasteiger partial charge < -0.3 is 20.1 Å². The SMILES string of the molecule is CC=C1C[NH+]2C3CC1C1(C(=O)OC)C2CC2(c4ccccc4NC32)C1O. The standard InChI is InChI=1S/C21H24N2O3/c1-3-11-10-23-15-8-13(11)21(19(25)26-2)16(23)9-20(18(21)24)12-6-4-5-7-14(12)22-17(15)20/h3-7,13,15-18,22,24H,8-10H2,1-2H3/p+1. The van der Waals surface area contributed by atoms with Crippen LogP contribution < -0.4 is 10.2 Å². The number of anilines is 1. The molecule has 5 nitrogen and oxygen atoms in total. The minimum Gasteiger partial charge on any atom is -0.468 e. The van der Waals surface area contributed by atoms with E-state index in [0.29, 0.717) is 6.04 Å². The Kier molecular flexibility index (Phi) is 2.65. The number of methoxy groups -OCH3 is 1. The molecule has 1 saturated carbocycles. The summed E-state index contributed by atoms with van der Waals surface area (Å²) in [5.74, 6) is -0.113. The topological polar surface area (TPSA) is 63.0 Å². The lowest BCUT2D eigenvalue weighted by Gasteiger charge is -2.57. The molecule has 136 valence electrons. The summed E-state index contributed by atoms with van der Waals surface area (Å²) in [4.78, 5) is 14.7. The minimum absolute atomic E-state index is 0.0985. The van der Waals surface area contributed by atoms with E-state index in [-0.39, 0.29) is 29.4 Å². The van der Waals surface area contributed by atoms with Gasteiger partial charge in [0, 0.05) is 24.4 Å². The van der Waals surface area contributed by atoms with E-state index in [1.54, 1.807) is 0 Å². The maximum atomic E-state index is 13.3. The lowest BCUT2D eigenvalue weighted by Crippen LogP contribution is -3.26. The van der Waals surface area contributed by atoms with Crippen LogP contribution in [0.15, 0.2) is 35.9 Å². The second-order valence-electron chi connectivity index (χ2n) is 8.80. The number of hydrogen-bond donors (Lipinski definition) is 3. The largest absolute Gasteiger partial charge is 0.468 e. The Labute approximate surface area is 153 Å². The number of hydrogen-bond acceptors (Lipinski definition) is 4. The summed E-state index contributed by atoms with van der Waals surface area (Å²) in [6.45, 7) is 3.06. The van der Waals surface area contributed by atoms with E-state index < -0.39 is 11.5 Å². The van der Waals surface area contributed by atoms with Crippen molar-refractivity contribution in [1.29, 1.82) is 0 Å². The molecule has 1 aromatic rings. The van der Waals surface area contributed by atoms with Crippen LogP contribution in [0.3, 0.4) is 0 Å². The highest BCUT2D eigenvalue weighted by atomic mass is 16.5. The quantitative estimate of drug-likeness (QED) is 0.501. The second kappa shape index (κ2) is 4.52. The van der Waals surface area contributed by atoms with E-state index in [1.165, 1.54) is 23.1 Å². The molecule has 0 radical (unpaired) electrons. The molecule has 8 unspecified atom stereocenters. The number of aliphatic hydroxyl groups is 1. The molecular formula is C21H25N2O3+. The summed E-state index contributed by atoms with van der Waals surface area (Å²) in [5.41, 5.74) is 2.47. The third-order valence-corrected chi connectivity index (χ3v) is 8.51. The Balaban J connectivity index is 1.65. The van der Waals surface area contributed by atoms with Crippen molar-refractivity contribution in [2.75, 3.05) is 19.0 Å². The zero-order valence-electron chi connectivity index (χ0n) is 15.2. The number of esters is 1. The van der Waals surface area contributed by atoms with E-state index in [4.69, 9.17) is 4.74 Å². The number of rotatable bonds is 1. The van der Waals surface area contributed by atoms with Crippen molar-refractivity contribution in [2.45, 2.75) is 49.4 Å². The molecule has 6 aliphatic rings. The first-order chi connectivity index (χ1) is 12.6. The predicted octanol–water partition coefficient (Wildman–Crippen LogP) is 0.258. The monoisotopic (exact) mass is 353 g/mol. The molecule has 26 heavy (non-hydrogen) atoms. The second-order valence-corrected chi connectivity index (χ2v) is 8.80. The molecule has 5 heterocycles. The number of para-hydroxylation sites is 1. The van der Waals surface area contributed by atoms with Crippen molar-refractivity contribution in [3.8, 4) is 0 Å². The molecule has 5 bridgehead atoms. The highest BCUT2D eigenvalue weighted by molar-refractivity contribution is 5.83. The van der Waals surface area contributed by atoms with E-state index in [0.717, 1.165) is 25.1 Å². The van der Waals surface area contributed by atoms with Crippen LogP contribution in [0.5, 0.6) is 0 Å². The van der Waals surface area contributed by atoms with Gasteiger partial charge in [-0.05, 0) is 24.1 Å². The fourth-order valence-corrected chi connectivity index (χ4v) is 7.76. The van der Waals surface area contributed by atoms with Crippen LogP contribution in [0.2, 0.25) is 0 Å². The van der Waals surface area contributed by atoms with Gasteiger partial charge in [-0.25, -0.2) is 0 Å². The molecule has 4 saturated heterocycles. The summed E-state index contributed by atoms with van der Waals surface area (Å²) in [6, 6.07) is 9.12. The Bertz CT molecular complexity index is 867. The first kappa shape index (κ1) is 15.2. The van der Waals surface area contributed by atoms with Crippen molar-refractivity contribution in [2.24, 2.45) is 11.3 Å². The van der Waals surface area contributed by atoms with E-state index in [2.05, 4.69) is 36.5 Å². The van der Waals surface area contributed by atoms with E-state index in [9.17, 15) is 9.90 Å². The van der Waals surface area contributed by atoms with Crippen molar-refractivity contribution >= 4 is 11.7 Å². The summed E-state index contributed by atoms with van der Waals surface area (Å²) in [7, 11) is 1.47. The third kappa shape index (κ3) is 1.28. The fourth-order valence-electron chi connectivity index (χ4n) is 7.76. The maximum Gasteiger partial charge on any atom is 0.321 e. The molecule has 1 aliphatic carbocycles. The number of benzene rings is 1. The number of allylic oxidation sites excluding steroid dienone is 1. The average Bonchev–Trinajstić information content (AvgIpc) is 3.13. The van der Waals surface area contributed by atoms with Crippen LogP contribution >= 0.6 is 0 Å². The van der Waals surface area contributed by atoms with Gasteiger partial charge in [0.2, 0.25) is 0 Å². The summed E-state index contributed by atoms with van der Waals surface area (Å²) in [5, 5.41) is 15.7. The molecule has 1 spiro atoms. The molecule has 0 amide bonds. The first-order valence-corrected chi connectivity index (χ1v) is 9.73. The first-order valence-electron chi connectivity index (χ1n) is 9.73. The summed E-state index contributed by atoms with van der Waals surface area (Å²) < 4.78 is 5.35. The Morgan fingerprint density at radius 2 is 2.23 bits per heavy atom. The van der Waals surface area contributed by atoms with Gasteiger partial charge in [0.05, 0.1) is 31.2 Å². The lowest BCUT2D eigenvalue weighted by molar-refractivity contribution is -0.970. The summed E-state index contributed by atoms with van der Waals surface area (Å²) >= 11 is 0. The molecule has 1 aromatic carbocycles. The highest BCUT2D eigenvalue weighted by Crippen LogP contribution is 2.67. The predicted molar refractivity (Wildman–Crippen MR) is 95.9 cm³/mol. The van der Waals surface area contributed by atoms with Crippen LogP contribution in [-0.2, 0) is 14.9 Å². The van der Waals surface area contributed by atoms with E-state index >= 15 is 0 Å². The van der Waals surface area contributed by atoms with E-state index in [1.807, 2.05) is 6.07 Å². The number of nitrogens with one attached hydrogen (secondary N) is 2. The Morgan fingerprint density at radius 3 is 3.00 bits per heavy atom. The molecule has 8 atom stereocenters. The third-order valence-electron chi connectivity index (χ3n) is 8.51. The Hall–Kier alpha value is -1.85. The smallest absolute Gasteiger partial charge is 0.321 e. The zero-order chi connectivity index (χ0) is 17.8. The van der Waals surface area contributed by atoms with Gasteiger partial charge in [-0.3, -0.25) is 4.79 Å². The van der Waals surface area contributed by atoms with Gasteiger partial charge in [0.1, 0.15) is 12.1 Å². The van der Waals surface area contributed by atoms with Crippen LogP contribution in [0, 0.1) is 11.3 Å². The molecule has 0 aromatic heterocycles. The number of carbonyl (C=O) groups is 1. The number of quaternary nitrogens is 1. The fraction of sp³-hybridized carbons (Fsp3) is 0.571. The average molecular weight is 353 g/mol. The molecule has 7 rings (SSSR count). The van der Waals surface area contributed by atoms with Crippen molar-refractivity contribution < 1.29 is 19.5 Å². The number of fused-ring (bicyclic) bond motifs is 2. The van der Waals surface area contributed by atoms with Gasteiger partial charge in [-0.2, -0.15) is 0 Å². The van der Waals surface area contributed by atoms with Crippen LogP contribution in [0.25, 0.3) is 0 Å². The van der Waals surface area contributed by atoms with Gasteiger partial charge >= 0.3 is 5.97 Å². The van der Waals surface area contributed by atoms with Crippen molar-refractivity contribution in [3.05, 3.63) is 41.5 Å². The summed E-state index contributed by atoms with van der Waals surface area (Å²) in [6.07, 6.45) is 3.26. The molecule has 5 aliphatic heterocycles. The number of ether oxygens (including phenoxy) is 1. The molecular weight excluding hydrogens is 328 g/mol. The van der Waals surface area contributed by atoms with Crippen molar-refractivity contribution in [1.82, 2.24) is 0 Å². The van der Waals surface area contributed by atoms with Gasteiger partial charge in [0.25, 0.3) is 0 Å². The maximum absolute atomic E-state index is 13.3. The van der Waals surface area contributed by atoms with Crippen LogP contribution in [-0.4, -0.2) is 49.0 Å². The number of aliphatic hydroxyl groups excluding tert-OH is 1. The minimum atomic E-state index is -0.811. The Morgan fingerprint density at radius 1 is 1.42 bits per heavy atom. The molecule has 5 heteroatoms. The van der Waals surface area contributed by atoms with Crippen molar-refractivity contribution in [3.63, 3.8) is 0 Å². The zero-order valence-corrected chi connectivity index (χ0v) is 15.2. The van der Waals surface area contributed by atoms with Crippen LogP contribution in [0.4, 0.5) is 5.69 Å². The highest BCUT2D eigenvalue weighted by Gasteiger charge is 2.84. The molecule has 5 fully saturated rings.